The number of carbonyl (C=O) groups is 2. The van der Waals surface area contributed by atoms with Crippen LogP contribution in [0.3, 0.4) is 0 Å². The minimum absolute atomic E-state index is 0.114. The van der Waals surface area contributed by atoms with Crippen molar-refractivity contribution in [3.05, 3.63) is 22.7 Å². The molecule has 2 amide bonds. The summed E-state index contributed by atoms with van der Waals surface area (Å²) in [6, 6.07) is 4.38. The Bertz CT molecular complexity index is 547. The summed E-state index contributed by atoms with van der Waals surface area (Å²) in [6.45, 7) is 3.57. The SMILES string of the molecule is CCC1C(=O)NC(C)C(=O)N1c1cc(Br)cc(OC)c1. The van der Waals surface area contributed by atoms with Crippen molar-refractivity contribution in [3.63, 3.8) is 0 Å². The average Bonchev–Trinajstić information content (AvgIpc) is 2.41. The molecule has 0 spiro atoms. The van der Waals surface area contributed by atoms with Crippen LogP contribution in [0.25, 0.3) is 0 Å². The molecule has 20 heavy (non-hydrogen) atoms. The lowest BCUT2D eigenvalue weighted by atomic mass is 10.0. The van der Waals surface area contributed by atoms with E-state index in [9.17, 15) is 9.59 Å². The van der Waals surface area contributed by atoms with E-state index >= 15 is 0 Å². The summed E-state index contributed by atoms with van der Waals surface area (Å²) >= 11 is 3.39. The fourth-order valence-corrected chi connectivity index (χ4v) is 2.79. The Balaban J connectivity index is 2.48. The maximum atomic E-state index is 12.4. The number of methoxy groups -OCH3 is 1. The molecule has 6 heteroatoms. The van der Waals surface area contributed by atoms with Crippen molar-refractivity contribution in [2.75, 3.05) is 12.0 Å². The largest absolute Gasteiger partial charge is 0.497 e. The second-order valence-corrected chi connectivity index (χ2v) is 5.63. The molecule has 0 aromatic heterocycles. The number of ether oxygens (including phenoxy) is 1. The van der Waals surface area contributed by atoms with Gasteiger partial charge in [-0.25, -0.2) is 0 Å². The molecule has 108 valence electrons. The number of halogens is 1. The maximum Gasteiger partial charge on any atom is 0.250 e. The highest BCUT2D eigenvalue weighted by Gasteiger charge is 2.38. The summed E-state index contributed by atoms with van der Waals surface area (Å²) in [5.74, 6) is 0.394. The van der Waals surface area contributed by atoms with Gasteiger partial charge in [0.2, 0.25) is 11.8 Å². The first-order chi connectivity index (χ1) is 9.47. The highest BCUT2D eigenvalue weighted by atomic mass is 79.9. The summed E-state index contributed by atoms with van der Waals surface area (Å²) in [6.07, 6.45) is 0.555. The van der Waals surface area contributed by atoms with Crippen LogP contribution in [0.1, 0.15) is 20.3 Å². The van der Waals surface area contributed by atoms with E-state index in [-0.39, 0.29) is 11.8 Å². The average molecular weight is 341 g/mol. The predicted molar refractivity (Wildman–Crippen MR) is 79.9 cm³/mol. The third-order valence-electron chi connectivity index (χ3n) is 3.34. The number of nitrogens with zero attached hydrogens (tertiary/aromatic N) is 1. The number of nitrogens with one attached hydrogen (secondary N) is 1. The van der Waals surface area contributed by atoms with Crippen LogP contribution in [-0.2, 0) is 9.59 Å². The number of piperazine rings is 1. The third kappa shape index (κ3) is 2.65. The van der Waals surface area contributed by atoms with Crippen molar-refractivity contribution in [1.82, 2.24) is 5.32 Å². The number of hydrogen-bond acceptors (Lipinski definition) is 3. The molecule has 0 saturated carbocycles. The van der Waals surface area contributed by atoms with E-state index in [4.69, 9.17) is 4.74 Å². The summed E-state index contributed by atoms with van der Waals surface area (Å²) in [5, 5.41) is 2.70. The van der Waals surface area contributed by atoms with Crippen LogP contribution in [0.2, 0.25) is 0 Å². The lowest BCUT2D eigenvalue weighted by molar-refractivity contribution is -0.133. The molecule has 5 nitrogen and oxygen atoms in total. The van der Waals surface area contributed by atoms with Crippen molar-refractivity contribution in [3.8, 4) is 5.75 Å². The van der Waals surface area contributed by atoms with Gasteiger partial charge in [0.25, 0.3) is 0 Å². The molecule has 0 radical (unpaired) electrons. The van der Waals surface area contributed by atoms with Crippen LogP contribution in [-0.4, -0.2) is 31.0 Å². The van der Waals surface area contributed by atoms with Crippen molar-refractivity contribution >= 4 is 33.4 Å². The molecular formula is C14H17BrN2O3. The Hall–Kier alpha value is -1.56. The topological polar surface area (TPSA) is 58.6 Å². The summed E-state index contributed by atoms with van der Waals surface area (Å²) in [4.78, 5) is 26.0. The van der Waals surface area contributed by atoms with Gasteiger partial charge in [0.15, 0.2) is 0 Å². The van der Waals surface area contributed by atoms with Crippen molar-refractivity contribution in [2.24, 2.45) is 0 Å². The first kappa shape index (κ1) is 14.8. The quantitative estimate of drug-likeness (QED) is 0.916. The first-order valence-electron chi connectivity index (χ1n) is 6.46. The van der Waals surface area contributed by atoms with Crippen LogP contribution < -0.4 is 15.0 Å². The van der Waals surface area contributed by atoms with Crippen molar-refractivity contribution in [2.45, 2.75) is 32.4 Å². The predicted octanol–water partition coefficient (Wildman–Crippen LogP) is 2.09. The molecule has 1 aromatic carbocycles. The van der Waals surface area contributed by atoms with Crippen molar-refractivity contribution in [1.29, 1.82) is 0 Å². The van der Waals surface area contributed by atoms with Gasteiger partial charge in [-0.2, -0.15) is 0 Å². The number of amides is 2. The lowest BCUT2D eigenvalue weighted by Crippen LogP contribution is -2.62. The van der Waals surface area contributed by atoms with E-state index in [0.717, 1.165) is 4.47 Å². The smallest absolute Gasteiger partial charge is 0.250 e. The summed E-state index contributed by atoms with van der Waals surface area (Å²) in [7, 11) is 1.57. The molecule has 1 aliphatic rings. The fourth-order valence-electron chi connectivity index (χ4n) is 2.33. The normalized spacial score (nSPS) is 22.7. The van der Waals surface area contributed by atoms with Gasteiger partial charge in [0.1, 0.15) is 17.8 Å². The van der Waals surface area contributed by atoms with Crippen LogP contribution in [0.15, 0.2) is 22.7 Å². The van der Waals surface area contributed by atoms with E-state index in [2.05, 4.69) is 21.2 Å². The van der Waals surface area contributed by atoms with Crippen LogP contribution in [0.4, 0.5) is 5.69 Å². The van der Waals surface area contributed by atoms with Gasteiger partial charge in [0, 0.05) is 16.2 Å². The second-order valence-electron chi connectivity index (χ2n) is 4.71. The van der Waals surface area contributed by atoms with Crippen molar-refractivity contribution < 1.29 is 14.3 Å². The number of carbonyl (C=O) groups excluding carboxylic acids is 2. The standard InChI is InChI=1S/C14H17BrN2O3/c1-4-12-13(18)16-8(2)14(19)17(12)10-5-9(15)6-11(7-10)20-3/h5-8,12H,4H2,1-3H3,(H,16,18). The molecule has 2 atom stereocenters. The van der Waals surface area contributed by atoms with Crippen LogP contribution in [0, 0.1) is 0 Å². The van der Waals surface area contributed by atoms with Gasteiger partial charge in [0.05, 0.1) is 7.11 Å². The highest BCUT2D eigenvalue weighted by molar-refractivity contribution is 9.10. The Morgan fingerprint density at radius 1 is 1.35 bits per heavy atom. The van der Waals surface area contributed by atoms with Crippen LogP contribution in [0.5, 0.6) is 5.75 Å². The third-order valence-corrected chi connectivity index (χ3v) is 3.80. The van der Waals surface area contributed by atoms with Crippen LogP contribution >= 0.6 is 15.9 Å². The minimum atomic E-state index is -0.518. The van der Waals surface area contributed by atoms with Gasteiger partial charge in [-0.1, -0.05) is 22.9 Å². The number of hydrogen-bond donors (Lipinski definition) is 1. The Kier molecular flexibility index (Phi) is 4.32. The summed E-state index contributed by atoms with van der Waals surface area (Å²) in [5.41, 5.74) is 0.662. The molecule has 0 bridgehead atoms. The Labute approximate surface area is 126 Å². The molecule has 0 aliphatic carbocycles. The molecular weight excluding hydrogens is 324 g/mol. The summed E-state index contributed by atoms with van der Waals surface area (Å²) < 4.78 is 6.01. The molecule has 1 aromatic rings. The first-order valence-corrected chi connectivity index (χ1v) is 7.25. The second kappa shape index (κ2) is 5.83. The fraction of sp³-hybridized carbons (Fsp3) is 0.429. The van der Waals surface area contributed by atoms with E-state index in [0.29, 0.717) is 17.9 Å². The van der Waals surface area contributed by atoms with Gasteiger partial charge >= 0.3 is 0 Å². The zero-order chi connectivity index (χ0) is 14.9. The molecule has 1 fully saturated rings. The minimum Gasteiger partial charge on any atom is -0.497 e. The lowest BCUT2D eigenvalue weighted by Gasteiger charge is -2.37. The zero-order valence-corrected chi connectivity index (χ0v) is 13.2. The van der Waals surface area contributed by atoms with E-state index in [1.165, 1.54) is 0 Å². The van der Waals surface area contributed by atoms with E-state index < -0.39 is 12.1 Å². The Morgan fingerprint density at radius 3 is 2.65 bits per heavy atom. The van der Waals surface area contributed by atoms with Gasteiger partial charge in [-0.05, 0) is 25.5 Å². The van der Waals surface area contributed by atoms with Gasteiger partial charge in [-0.15, -0.1) is 0 Å². The highest BCUT2D eigenvalue weighted by Crippen LogP contribution is 2.30. The molecule has 1 aliphatic heterocycles. The molecule has 1 heterocycles. The number of benzene rings is 1. The number of anilines is 1. The van der Waals surface area contributed by atoms with Gasteiger partial charge < -0.3 is 10.1 Å². The molecule has 1 saturated heterocycles. The maximum absolute atomic E-state index is 12.4. The Morgan fingerprint density at radius 2 is 2.05 bits per heavy atom. The van der Waals surface area contributed by atoms with E-state index in [1.807, 2.05) is 19.1 Å². The molecule has 2 unspecified atom stereocenters. The van der Waals surface area contributed by atoms with Gasteiger partial charge in [-0.3, -0.25) is 14.5 Å². The molecule has 1 N–H and O–H groups in total. The number of rotatable bonds is 3. The van der Waals surface area contributed by atoms with E-state index in [1.54, 1.807) is 25.0 Å². The molecule has 2 rings (SSSR count). The monoisotopic (exact) mass is 340 g/mol. The zero-order valence-electron chi connectivity index (χ0n) is 11.6.